The summed E-state index contributed by atoms with van der Waals surface area (Å²) >= 11 is 0. The Kier molecular flexibility index (Phi) is 7.63. The van der Waals surface area contributed by atoms with Crippen molar-refractivity contribution in [2.75, 3.05) is 13.7 Å². The number of rotatable bonds is 9. The summed E-state index contributed by atoms with van der Waals surface area (Å²) in [6, 6.07) is 26.1. The van der Waals surface area contributed by atoms with Gasteiger partial charge in [-0.05, 0) is 78.9 Å². The van der Waals surface area contributed by atoms with E-state index in [0.29, 0.717) is 41.2 Å². The van der Waals surface area contributed by atoms with E-state index >= 15 is 0 Å². The summed E-state index contributed by atoms with van der Waals surface area (Å²) in [5.41, 5.74) is 4.98. The lowest BCUT2D eigenvalue weighted by Crippen LogP contribution is -2.29. The Labute approximate surface area is 250 Å². The Morgan fingerprint density at radius 2 is 1.60 bits per heavy atom. The molecule has 7 heteroatoms. The molecule has 218 valence electrons. The molecule has 43 heavy (non-hydrogen) atoms. The minimum atomic E-state index is -0.687. The van der Waals surface area contributed by atoms with E-state index in [-0.39, 0.29) is 23.6 Å². The van der Waals surface area contributed by atoms with Gasteiger partial charge >= 0.3 is 0 Å². The van der Waals surface area contributed by atoms with Crippen LogP contribution >= 0.6 is 0 Å². The molecule has 1 unspecified atom stereocenters. The highest BCUT2D eigenvalue weighted by atomic mass is 16.5. The number of carbonyl (C=O) groups excluding carboxylic acids is 1. The highest BCUT2D eigenvalue weighted by Gasteiger charge is 2.43. The molecule has 0 bridgehead atoms. The number of methoxy groups -OCH3 is 1. The Morgan fingerprint density at radius 1 is 0.837 bits per heavy atom. The van der Waals surface area contributed by atoms with Crippen LogP contribution in [0, 0.1) is 13.8 Å². The Morgan fingerprint density at radius 3 is 2.33 bits per heavy atom. The molecule has 0 fully saturated rings. The van der Waals surface area contributed by atoms with Gasteiger partial charge in [-0.1, -0.05) is 54.6 Å². The Hall–Kier alpha value is -5.04. The molecule has 7 nitrogen and oxygen atoms in total. The number of hydrogen-bond donors (Lipinski definition) is 0. The first-order valence-corrected chi connectivity index (χ1v) is 14.3. The molecule has 4 aromatic carbocycles. The zero-order valence-corrected chi connectivity index (χ0v) is 24.7. The minimum absolute atomic E-state index is 0.0744. The van der Waals surface area contributed by atoms with Gasteiger partial charge in [0.1, 0.15) is 17.9 Å². The summed E-state index contributed by atoms with van der Waals surface area (Å²) in [6.45, 7) is 6.81. The largest absolute Gasteiger partial charge is 0.497 e. The molecule has 0 N–H and O–H groups in total. The van der Waals surface area contributed by atoms with Gasteiger partial charge in [0.15, 0.2) is 16.9 Å². The molecule has 1 atom stereocenters. The van der Waals surface area contributed by atoms with Crippen LogP contribution in [-0.4, -0.2) is 24.5 Å². The second kappa shape index (κ2) is 11.7. The average molecular weight is 576 g/mol. The summed E-state index contributed by atoms with van der Waals surface area (Å²) in [5.74, 6) is 1.58. The lowest BCUT2D eigenvalue weighted by molar-refractivity contribution is 0.0714. The third kappa shape index (κ3) is 5.34. The number of aryl methyl sites for hydroxylation is 2. The highest BCUT2D eigenvalue weighted by Crippen LogP contribution is 2.42. The van der Waals surface area contributed by atoms with Crippen molar-refractivity contribution in [2.45, 2.75) is 40.0 Å². The summed E-state index contributed by atoms with van der Waals surface area (Å²) in [5, 5.41) is 0.466. The molecule has 0 radical (unpaired) electrons. The number of amides is 1. The van der Waals surface area contributed by atoms with Gasteiger partial charge < -0.3 is 23.5 Å². The quantitative estimate of drug-likeness (QED) is 0.186. The first-order chi connectivity index (χ1) is 20.9. The lowest BCUT2D eigenvalue weighted by atomic mass is 9.96. The monoisotopic (exact) mass is 575 g/mol. The lowest BCUT2D eigenvalue weighted by Gasteiger charge is -2.26. The average Bonchev–Trinajstić information content (AvgIpc) is 3.29. The van der Waals surface area contributed by atoms with Crippen LogP contribution in [0.25, 0.3) is 11.0 Å². The zero-order valence-electron chi connectivity index (χ0n) is 24.7. The molecular formula is C36H33NO6. The van der Waals surface area contributed by atoms with Crippen molar-refractivity contribution in [1.29, 1.82) is 0 Å². The Bertz CT molecular complexity index is 1860. The molecule has 5 aromatic rings. The van der Waals surface area contributed by atoms with Crippen LogP contribution in [0.1, 0.15) is 56.9 Å². The molecule has 1 aliphatic heterocycles. The summed E-state index contributed by atoms with van der Waals surface area (Å²) < 4.78 is 23.7. The standard InChI is InChI=1S/C36H33NO6/c1-5-41-30-19-26(13-16-29(30)42-21-25-9-7-6-8-10-25)32-31-33(38)28-18-22(2)17-23(3)34(28)43-35(31)36(39)37(32)20-24-11-14-27(40-4)15-12-24/h6-19,32H,5,20-21H2,1-4H3. The van der Waals surface area contributed by atoms with E-state index in [0.717, 1.165) is 33.6 Å². The summed E-state index contributed by atoms with van der Waals surface area (Å²) in [6.07, 6.45) is 0. The third-order valence-corrected chi connectivity index (χ3v) is 7.73. The van der Waals surface area contributed by atoms with Crippen LogP contribution in [0.2, 0.25) is 0 Å². The van der Waals surface area contributed by atoms with E-state index in [4.69, 9.17) is 18.6 Å². The van der Waals surface area contributed by atoms with Crippen molar-refractivity contribution in [2.24, 2.45) is 0 Å². The molecule has 0 saturated heterocycles. The van der Waals surface area contributed by atoms with Crippen LogP contribution in [0.15, 0.2) is 94.1 Å². The third-order valence-electron chi connectivity index (χ3n) is 7.73. The van der Waals surface area contributed by atoms with Gasteiger partial charge in [-0.2, -0.15) is 0 Å². The second-order valence-corrected chi connectivity index (χ2v) is 10.7. The van der Waals surface area contributed by atoms with E-state index in [9.17, 15) is 9.59 Å². The van der Waals surface area contributed by atoms with Crippen molar-refractivity contribution < 1.29 is 23.4 Å². The first-order valence-electron chi connectivity index (χ1n) is 14.3. The molecule has 1 aliphatic rings. The molecule has 0 spiro atoms. The van der Waals surface area contributed by atoms with Crippen LogP contribution < -0.4 is 19.6 Å². The molecule has 2 heterocycles. The van der Waals surface area contributed by atoms with Gasteiger partial charge in [0, 0.05) is 6.54 Å². The smallest absolute Gasteiger partial charge is 0.291 e. The van der Waals surface area contributed by atoms with Crippen molar-refractivity contribution in [3.8, 4) is 17.2 Å². The van der Waals surface area contributed by atoms with Gasteiger partial charge in [-0.3, -0.25) is 9.59 Å². The van der Waals surface area contributed by atoms with E-state index < -0.39 is 6.04 Å². The molecular weight excluding hydrogens is 542 g/mol. The van der Waals surface area contributed by atoms with E-state index in [1.165, 1.54) is 0 Å². The zero-order chi connectivity index (χ0) is 30.1. The fourth-order valence-electron chi connectivity index (χ4n) is 5.73. The van der Waals surface area contributed by atoms with Crippen molar-refractivity contribution in [1.82, 2.24) is 4.90 Å². The molecule has 0 saturated carbocycles. The predicted molar refractivity (Wildman–Crippen MR) is 165 cm³/mol. The number of carbonyl (C=O) groups is 1. The van der Waals surface area contributed by atoms with E-state index in [1.807, 2.05) is 106 Å². The topological polar surface area (TPSA) is 78.2 Å². The molecule has 1 aromatic heterocycles. The fourth-order valence-corrected chi connectivity index (χ4v) is 5.73. The van der Waals surface area contributed by atoms with Gasteiger partial charge in [-0.25, -0.2) is 0 Å². The Balaban J connectivity index is 1.47. The van der Waals surface area contributed by atoms with Crippen LogP contribution in [0.3, 0.4) is 0 Å². The maximum atomic E-state index is 14.2. The number of fused-ring (bicyclic) bond motifs is 2. The number of ether oxygens (including phenoxy) is 3. The van der Waals surface area contributed by atoms with Gasteiger partial charge in [0.2, 0.25) is 5.76 Å². The van der Waals surface area contributed by atoms with Gasteiger partial charge in [-0.15, -0.1) is 0 Å². The molecule has 0 aliphatic carbocycles. The molecule has 6 rings (SSSR count). The normalized spacial score (nSPS) is 14.2. The van der Waals surface area contributed by atoms with Crippen molar-refractivity contribution in [3.05, 3.63) is 134 Å². The fraction of sp³-hybridized carbons (Fsp3) is 0.222. The van der Waals surface area contributed by atoms with Crippen molar-refractivity contribution in [3.63, 3.8) is 0 Å². The highest BCUT2D eigenvalue weighted by molar-refractivity contribution is 5.99. The van der Waals surface area contributed by atoms with E-state index in [2.05, 4.69) is 0 Å². The van der Waals surface area contributed by atoms with Gasteiger partial charge in [0.05, 0.1) is 30.7 Å². The number of nitrogens with zero attached hydrogens (tertiary/aromatic N) is 1. The first kappa shape index (κ1) is 28.1. The maximum absolute atomic E-state index is 14.2. The predicted octanol–water partition coefficient (Wildman–Crippen LogP) is 7.14. The molecule has 1 amide bonds. The summed E-state index contributed by atoms with van der Waals surface area (Å²) in [4.78, 5) is 29.9. The van der Waals surface area contributed by atoms with Crippen LogP contribution in [-0.2, 0) is 13.2 Å². The minimum Gasteiger partial charge on any atom is -0.497 e. The maximum Gasteiger partial charge on any atom is 0.291 e. The van der Waals surface area contributed by atoms with Crippen LogP contribution in [0.4, 0.5) is 0 Å². The number of hydrogen-bond acceptors (Lipinski definition) is 6. The summed E-state index contributed by atoms with van der Waals surface area (Å²) in [7, 11) is 1.61. The van der Waals surface area contributed by atoms with Crippen molar-refractivity contribution >= 4 is 16.9 Å². The van der Waals surface area contributed by atoms with E-state index in [1.54, 1.807) is 12.0 Å². The SMILES string of the molecule is CCOc1cc(C2c3c(oc4c(C)cc(C)cc4c3=O)C(=O)N2Cc2ccc(OC)cc2)ccc1OCc1ccccc1. The van der Waals surface area contributed by atoms with Gasteiger partial charge in [0.25, 0.3) is 5.91 Å². The second-order valence-electron chi connectivity index (χ2n) is 10.7. The number of benzene rings is 4. The van der Waals surface area contributed by atoms with Crippen LogP contribution in [0.5, 0.6) is 17.2 Å².